The number of nitrogens with two attached hydrogens (primary N) is 1. The molecule has 1 aromatic heterocycles. The number of non-ortho nitro benzene ring substituents is 1. The number of carbonyl (C=O) groups excluding carboxylic acids is 1. The zero-order chi connectivity index (χ0) is 24.9. The van der Waals surface area contributed by atoms with E-state index in [1.54, 1.807) is 12.1 Å². The highest BCUT2D eigenvalue weighted by molar-refractivity contribution is 6.01. The first-order valence-corrected chi connectivity index (χ1v) is 11.3. The first-order chi connectivity index (χ1) is 16.7. The molecule has 0 spiro atoms. The van der Waals surface area contributed by atoms with E-state index in [9.17, 15) is 20.2 Å². The summed E-state index contributed by atoms with van der Waals surface area (Å²) in [5.41, 5.74) is 9.34. The molecule has 3 aromatic rings. The summed E-state index contributed by atoms with van der Waals surface area (Å²) in [5, 5.41) is 21.9. The molecule has 8 nitrogen and oxygen atoms in total. The fraction of sp³-hybridized carbons (Fsp3) is 0.259. The van der Waals surface area contributed by atoms with Gasteiger partial charge in [0.05, 0.1) is 10.8 Å². The van der Waals surface area contributed by atoms with Crippen molar-refractivity contribution in [1.29, 1.82) is 5.26 Å². The molecule has 8 heteroatoms. The third-order valence-corrected chi connectivity index (χ3v) is 6.71. The maximum atomic E-state index is 13.3. The monoisotopic (exact) mass is 468 g/mol. The molecule has 0 saturated carbocycles. The van der Waals surface area contributed by atoms with E-state index in [2.05, 4.69) is 6.07 Å². The van der Waals surface area contributed by atoms with Crippen molar-refractivity contribution >= 4 is 22.4 Å². The van der Waals surface area contributed by atoms with Crippen LogP contribution in [0, 0.1) is 26.9 Å². The van der Waals surface area contributed by atoms with Crippen LogP contribution in [0.25, 0.3) is 10.9 Å². The molecule has 2 heterocycles. The number of hydrogen-bond donors (Lipinski definition) is 1. The Labute approximate surface area is 202 Å². The van der Waals surface area contributed by atoms with Gasteiger partial charge in [0.15, 0.2) is 5.78 Å². The number of para-hydroxylation sites is 1. The number of ether oxygens (including phenoxy) is 1. The SMILES string of the molecule is CC1(C)CC(=O)C2=C(C1)OC(N)=C(C#N)C2c1cn(Cc2ccc([N+](=O)[O-])cc2)c2ccccc12. The second-order valence-corrected chi connectivity index (χ2v) is 9.86. The van der Waals surface area contributed by atoms with Crippen LogP contribution in [0.5, 0.6) is 0 Å². The molecule has 0 saturated heterocycles. The number of nitro benzene ring substituents is 1. The molecule has 0 amide bonds. The second-order valence-electron chi connectivity index (χ2n) is 9.86. The van der Waals surface area contributed by atoms with Crippen LogP contribution >= 0.6 is 0 Å². The van der Waals surface area contributed by atoms with Crippen LogP contribution in [-0.4, -0.2) is 15.3 Å². The molecule has 1 aliphatic carbocycles. The van der Waals surface area contributed by atoms with Crippen molar-refractivity contribution in [1.82, 2.24) is 4.57 Å². The lowest BCUT2D eigenvalue weighted by Crippen LogP contribution is -2.33. The number of nitro groups is 1. The van der Waals surface area contributed by atoms with Gasteiger partial charge in [-0.2, -0.15) is 5.26 Å². The molecule has 176 valence electrons. The van der Waals surface area contributed by atoms with E-state index < -0.39 is 10.8 Å². The number of nitrogens with zero attached hydrogens (tertiary/aromatic N) is 3. The van der Waals surface area contributed by atoms with E-state index in [1.165, 1.54) is 12.1 Å². The lowest BCUT2D eigenvalue weighted by Gasteiger charge is -2.37. The van der Waals surface area contributed by atoms with E-state index in [1.807, 2.05) is 48.9 Å². The quantitative estimate of drug-likeness (QED) is 0.422. The molecule has 1 atom stereocenters. The van der Waals surface area contributed by atoms with Crippen molar-refractivity contribution in [2.45, 2.75) is 39.2 Å². The first kappa shape index (κ1) is 22.4. The Balaban J connectivity index is 1.65. The van der Waals surface area contributed by atoms with E-state index in [0.717, 1.165) is 22.0 Å². The van der Waals surface area contributed by atoms with Gasteiger partial charge in [-0.05, 0) is 22.6 Å². The highest BCUT2D eigenvalue weighted by atomic mass is 16.6. The van der Waals surface area contributed by atoms with Crippen molar-refractivity contribution < 1.29 is 14.5 Å². The Bertz CT molecular complexity index is 1490. The van der Waals surface area contributed by atoms with Gasteiger partial charge in [0.25, 0.3) is 5.69 Å². The minimum absolute atomic E-state index is 0.0336. The van der Waals surface area contributed by atoms with Crippen molar-refractivity contribution in [3.63, 3.8) is 0 Å². The molecule has 0 bridgehead atoms. The van der Waals surface area contributed by atoms with Crippen LogP contribution in [0.15, 0.2) is 77.5 Å². The van der Waals surface area contributed by atoms with Gasteiger partial charge >= 0.3 is 0 Å². The van der Waals surface area contributed by atoms with Gasteiger partial charge in [0, 0.05) is 54.2 Å². The molecule has 35 heavy (non-hydrogen) atoms. The van der Waals surface area contributed by atoms with E-state index in [-0.39, 0.29) is 28.3 Å². The number of rotatable bonds is 4. The average Bonchev–Trinajstić information content (AvgIpc) is 3.16. The van der Waals surface area contributed by atoms with Gasteiger partial charge in [0.1, 0.15) is 17.4 Å². The normalized spacial score (nSPS) is 19.3. The van der Waals surface area contributed by atoms with Gasteiger partial charge in [-0.25, -0.2) is 0 Å². The smallest absolute Gasteiger partial charge is 0.269 e. The minimum Gasteiger partial charge on any atom is -0.444 e. The predicted octanol–water partition coefficient (Wildman–Crippen LogP) is 5.05. The van der Waals surface area contributed by atoms with Crippen molar-refractivity contribution in [3.05, 3.63) is 98.8 Å². The third kappa shape index (κ3) is 3.85. The summed E-state index contributed by atoms with van der Waals surface area (Å²) in [7, 11) is 0. The zero-order valence-electron chi connectivity index (χ0n) is 19.4. The molecule has 1 unspecified atom stereocenters. The number of nitriles is 1. The second kappa shape index (κ2) is 8.13. The summed E-state index contributed by atoms with van der Waals surface area (Å²) in [5.74, 6) is -0.0713. The fourth-order valence-electron chi connectivity index (χ4n) is 5.15. The highest BCUT2D eigenvalue weighted by Gasteiger charge is 2.43. The van der Waals surface area contributed by atoms with Gasteiger partial charge in [-0.3, -0.25) is 14.9 Å². The van der Waals surface area contributed by atoms with Crippen LogP contribution in [0.4, 0.5) is 5.69 Å². The number of benzene rings is 2. The highest BCUT2D eigenvalue weighted by Crippen LogP contribution is 2.49. The number of allylic oxidation sites excluding steroid dienone is 3. The third-order valence-electron chi connectivity index (χ3n) is 6.71. The Morgan fingerprint density at radius 1 is 1.20 bits per heavy atom. The summed E-state index contributed by atoms with van der Waals surface area (Å²) in [6, 6.07) is 16.4. The predicted molar refractivity (Wildman–Crippen MR) is 130 cm³/mol. The number of aromatic nitrogens is 1. The summed E-state index contributed by atoms with van der Waals surface area (Å²) in [6.07, 6.45) is 2.88. The van der Waals surface area contributed by atoms with Crippen LogP contribution in [0.2, 0.25) is 0 Å². The van der Waals surface area contributed by atoms with E-state index >= 15 is 0 Å². The van der Waals surface area contributed by atoms with Gasteiger partial charge in [-0.15, -0.1) is 0 Å². The lowest BCUT2D eigenvalue weighted by atomic mass is 9.70. The molecule has 5 rings (SSSR count). The largest absolute Gasteiger partial charge is 0.444 e. The molecule has 2 aliphatic rings. The number of Topliss-reactive ketones (excluding diaryl/α,β-unsaturated/α-hetero) is 1. The minimum atomic E-state index is -0.615. The summed E-state index contributed by atoms with van der Waals surface area (Å²) >= 11 is 0. The molecule has 0 radical (unpaired) electrons. The Morgan fingerprint density at radius 2 is 1.91 bits per heavy atom. The molecule has 2 N–H and O–H groups in total. The maximum absolute atomic E-state index is 13.3. The molecule has 1 aliphatic heterocycles. The standard InChI is InChI=1S/C27H24N4O4/c1-27(2)11-22(32)25-23(12-27)35-26(29)19(13-28)24(25)20-15-30(21-6-4-3-5-18(20)21)14-16-7-9-17(10-8-16)31(33)34/h3-10,15,24H,11-12,14,29H2,1-2H3. The molecular formula is C27H24N4O4. The molecule has 0 fully saturated rings. The van der Waals surface area contributed by atoms with Crippen LogP contribution in [0.3, 0.4) is 0 Å². The Kier molecular flexibility index (Phi) is 5.21. The topological polar surface area (TPSA) is 124 Å². The van der Waals surface area contributed by atoms with Gasteiger partial charge in [-0.1, -0.05) is 44.2 Å². The Morgan fingerprint density at radius 3 is 2.60 bits per heavy atom. The maximum Gasteiger partial charge on any atom is 0.269 e. The number of carbonyl (C=O) groups is 1. The van der Waals surface area contributed by atoms with Crippen LogP contribution < -0.4 is 5.73 Å². The summed E-state index contributed by atoms with van der Waals surface area (Å²) < 4.78 is 7.86. The summed E-state index contributed by atoms with van der Waals surface area (Å²) in [4.78, 5) is 23.9. The van der Waals surface area contributed by atoms with Crippen molar-refractivity contribution in [3.8, 4) is 6.07 Å². The van der Waals surface area contributed by atoms with Crippen LogP contribution in [-0.2, 0) is 16.1 Å². The van der Waals surface area contributed by atoms with Crippen molar-refractivity contribution in [2.75, 3.05) is 0 Å². The average molecular weight is 469 g/mol. The lowest BCUT2D eigenvalue weighted by molar-refractivity contribution is -0.384. The molecule has 2 aromatic carbocycles. The Hall–Kier alpha value is -4.38. The van der Waals surface area contributed by atoms with Gasteiger partial charge in [0.2, 0.25) is 5.88 Å². The first-order valence-electron chi connectivity index (χ1n) is 11.3. The van der Waals surface area contributed by atoms with Crippen LogP contribution in [0.1, 0.15) is 43.7 Å². The summed E-state index contributed by atoms with van der Waals surface area (Å²) in [6.45, 7) is 4.50. The van der Waals surface area contributed by atoms with E-state index in [4.69, 9.17) is 10.5 Å². The van der Waals surface area contributed by atoms with E-state index in [0.29, 0.717) is 30.7 Å². The number of hydrogen-bond acceptors (Lipinski definition) is 6. The number of fused-ring (bicyclic) bond motifs is 1. The van der Waals surface area contributed by atoms with Crippen molar-refractivity contribution in [2.24, 2.45) is 11.1 Å². The fourth-order valence-corrected chi connectivity index (χ4v) is 5.15. The number of ketones is 1. The zero-order valence-corrected chi connectivity index (χ0v) is 19.4. The van der Waals surface area contributed by atoms with Gasteiger partial charge < -0.3 is 15.0 Å². The molecular weight excluding hydrogens is 444 g/mol.